The molecule has 1 aliphatic carbocycles. The topological polar surface area (TPSA) is 42.0 Å². The van der Waals surface area contributed by atoms with Gasteiger partial charge in [-0.3, -0.25) is 9.78 Å². The van der Waals surface area contributed by atoms with Gasteiger partial charge in [-0.05, 0) is 59.7 Å². The van der Waals surface area contributed by atoms with Crippen LogP contribution in [0.15, 0.2) is 90.6 Å². The minimum Gasteiger partial charge on any atom is -0.373 e. The number of allylic oxidation sites excluding steroid dienone is 1. The molecule has 3 aromatic carbocycles. The summed E-state index contributed by atoms with van der Waals surface area (Å²) in [6.45, 7) is 2.12. The first-order chi connectivity index (χ1) is 15.7. The highest BCUT2D eigenvalue weighted by molar-refractivity contribution is 6.12. The van der Waals surface area contributed by atoms with Crippen LogP contribution >= 0.6 is 0 Å². The zero-order chi connectivity index (χ0) is 21.7. The van der Waals surface area contributed by atoms with Gasteiger partial charge in [0.05, 0.1) is 11.6 Å². The molecular formula is C29H24N2O. The molecule has 2 atom stereocenters. The molecule has 3 heteroatoms. The van der Waals surface area contributed by atoms with Crippen molar-refractivity contribution in [1.29, 1.82) is 0 Å². The molecule has 0 unspecified atom stereocenters. The number of carbonyl (C=O) groups is 1. The molecule has 0 radical (unpaired) electrons. The molecule has 1 aliphatic heterocycles. The SMILES string of the molecule is Cc1ccccc1[C@@H]1Nc2ccc3ncccc3c2C2=C1C(=O)C[C@H](c1ccccc1)C2. The summed E-state index contributed by atoms with van der Waals surface area (Å²) in [5, 5.41) is 4.83. The van der Waals surface area contributed by atoms with Gasteiger partial charge in [0.1, 0.15) is 0 Å². The number of nitrogens with one attached hydrogen (secondary N) is 1. The van der Waals surface area contributed by atoms with Crippen molar-refractivity contribution in [3.05, 3.63) is 113 Å². The Morgan fingerprint density at radius 2 is 1.69 bits per heavy atom. The highest BCUT2D eigenvalue weighted by Crippen LogP contribution is 2.51. The maximum absolute atomic E-state index is 13.7. The predicted molar refractivity (Wildman–Crippen MR) is 130 cm³/mol. The molecule has 4 aromatic rings. The third kappa shape index (κ3) is 2.96. The Morgan fingerprint density at radius 1 is 0.875 bits per heavy atom. The van der Waals surface area contributed by atoms with E-state index in [1.165, 1.54) is 22.3 Å². The molecule has 0 saturated carbocycles. The molecule has 0 saturated heterocycles. The highest BCUT2D eigenvalue weighted by atomic mass is 16.1. The molecule has 2 heterocycles. The Balaban J connectivity index is 1.60. The fourth-order valence-electron chi connectivity index (χ4n) is 5.43. The van der Waals surface area contributed by atoms with Crippen LogP contribution in [0.1, 0.15) is 47.1 Å². The van der Waals surface area contributed by atoms with Gasteiger partial charge in [-0.15, -0.1) is 0 Å². The van der Waals surface area contributed by atoms with E-state index in [4.69, 9.17) is 0 Å². The van der Waals surface area contributed by atoms with Crippen LogP contribution in [-0.4, -0.2) is 10.8 Å². The maximum Gasteiger partial charge on any atom is 0.162 e. The van der Waals surface area contributed by atoms with Gasteiger partial charge in [0, 0.05) is 34.8 Å². The standard InChI is InChI=1S/C29H24N2O/c1-18-8-5-6-11-21(18)29-28-23(16-20(17-26(28)32)19-9-3-2-4-10-19)27-22-12-7-15-30-24(22)13-14-25(27)31-29/h2-15,20,29,31H,16-17H2,1H3/t20-,29+/m1/s1. The Kier molecular flexibility index (Phi) is 4.43. The van der Waals surface area contributed by atoms with E-state index < -0.39 is 0 Å². The van der Waals surface area contributed by atoms with E-state index in [1.807, 2.05) is 18.3 Å². The number of benzene rings is 3. The Hall–Kier alpha value is -3.72. The van der Waals surface area contributed by atoms with Crippen molar-refractivity contribution >= 4 is 27.9 Å². The van der Waals surface area contributed by atoms with E-state index in [1.54, 1.807) is 0 Å². The van der Waals surface area contributed by atoms with Crippen molar-refractivity contribution in [1.82, 2.24) is 4.98 Å². The Labute approximate surface area is 187 Å². The fraction of sp³-hybridized carbons (Fsp3) is 0.172. The predicted octanol–water partition coefficient (Wildman–Crippen LogP) is 6.61. The first-order valence-corrected chi connectivity index (χ1v) is 11.2. The monoisotopic (exact) mass is 416 g/mol. The lowest BCUT2D eigenvalue weighted by Gasteiger charge is -2.38. The number of ketones is 1. The quantitative estimate of drug-likeness (QED) is 0.400. The molecule has 1 N–H and O–H groups in total. The van der Waals surface area contributed by atoms with Gasteiger partial charge < -0.3 is 5.32 Å². The van der Waals surface area contributed by atoms with Gasteiger partial charge in [-0.25, -0.2) is 0 Å². The minimum atomic E-state index is -0.128. The number of aryl methyl sites for hydroxylation is 1. The van der Waals surface area contributed by atoms with Crippen LogP contribution in [0.3, 0.4) is 0 Å². The average molecular weight is 417 g/mol. The van der Waals surface area contributed by atoms with Crippen molar-refractivity contribution < 1.29 is 4.79 Å². The maximum atomic E-state index is 13.7. The number of nitrogens with zero attached hydrogens (tertiary/aromatic N) is 1. The summed E-state index contributed by atoms with van der Waals surface area (Å²) in [5.74, 6) is 0.435. The minimum absolute atomic E-state index is 0.128. The lowest BCUT2D eigenvalue weighted by atomic mass is 9.71. The summed E-state index contributed by atoms with van der Waals surface area (Å²) in [6, 6.07) is 27.0. The van der Waals surface area contributed by atoms with Gasteiger partial charge in [0.2, 0.25) is 0 Å². The molecule has 0 amide bonds. The zero-order valence-electron chi connectivity index (χ0n) is 18.0. The molecule has 0 spiro atoms. The number of hydrogen-bond acceptors (Lipinski definition) is 3. The number of anilines is 1. The third-order valence-electron chi connectivity index (χ3n) is 6.95. The average Bonchev–Trinajstić information content (AvgIpc) is 2.84. The largest absolute Gasteiger partial charge is 0.373 e. The normalized spacial score (nSPS) is 20.0. The van der Waals surface area contributed by atoms with Crippen molar-refractivity contribution in [2.45, 2.75) is 31.7 Å². The first-order valence-electron chi connectivity index (χ1n) is 11.2. The van der Waals surface area contributed by atoms with Crippen LogP contribution in [0.4, 0.5) is 5.69 Å². The summed E-state index contributed by atoms with van der Waals surface area (Å²) in [4.78, 5) is 18.3. The molecule has 0 fully saturated rings. The second-order valence-electron chi connectivity index (χ2n) is 8.82. The Bertz CT molecular complexity index is 1390. The molecule has 0 bridgehead atoms. The summed E-state index contributed by atoms with van der Waals surface area (Å²) < 4.78 is 0. The van der Waals surface area contributed by atoms with Crippen LogP contribution in [0.5, 0.6) is 0 Å². The van der Waals surface area contributed by atoms with Crippen molar-refractivity contribution in [3.63, 3.8) is 0 Å². The van der Waals surface area contributed by atoms with E-state index >= 15 is 0 Å². The number of rotatable bonds is 2. The van der Waals surface area contributed by atoms with Crippen LogP contribution in [0, 0.1) is 6.92 Å². The molecular weight excluding hydrogens is 392 g/mol. The second kappa shape index (κ2) is 7.45. The van der Waals surface area contributed by atoms with Crippen LogP contribution in [0.2, 0.25) is 0 Å². The van der Waals surface area contributed by atoms with Crippen LogP contribution in [-0.2, 0) is 4.79 Å². The number of pyridine rings is 1. The van der Waals surface area contributed by atoms with Crippen molar-refractivity contribution in [3.8, 4) is 0 Å². The summed E-state index contributed by atoms with van der Waals surface area (Å²) in [7, 11) is 0. The smallest absolute Gasteiger partial charge is 0.162 e. The van der Waals surface area contributed by atoms with E-state index in [0.29, 0.717) is 6.42 Å². The Morgan fingerprint density at radius 3 is 2.53 bits per heavy atom. The van der Waals surface area contributed by atoms with E-state index in [-0.39, 0.29) is 17.7 Å². The summed E-state index contributed by atoms with van der Waals surface area (Å²) >= 11 is 0. The molecule has 1 aromatic heterocycles. The van der Waals surface area contributed by atoms with Gasteiger partial charge >= 0.3 is 0 Å². The molecule has 156 valence electrons. The van der Waals surface area contributed by atoms with Gasteiger partial charge in [-0.1, -0.05) is 60.7 Å². The van der Waals surface area contributed by atoms with Gasteiger partial charge in [-0.2, -0.15) is 0 Å². The number of aromatic nitrogens is 1. The lowest BCUT2D eigenvalue weighted by molar-refractivity contribution is -0.116. The molecule has 6 rings (SSSR count). The second-order valence-corrected chi connectivity index (χ2v) is 8.82. The fourth-order valence-corrected chi connectivity index (χ4v) is 5.43. The number of Topliss-reactive ketones (excluding diaryl/α,β-unsaturated/α-hetero) is 1. The third-order valence-corrected chi connectivity index (χ3v) is 6.95. The molecule has 3 nitrogen and oxygen atoms in total. The summed E-state index contributed by atoms with van der Waals surface area (Å²) in [5.41, 5.74) is 8.89. The molecule has 32 heavy (non-hydrogen) atoms. The lowest BCUT2D eigenvalue weighted by Crippen LogP contribution is -2.30. The zero-order valence-corrected chi connectivity index (χ0v) is 18.0. The number of fused-ring (bicyclic) bond motifs is 4. The van der Waals surface area contributed by atoms with Gasteiger partial charge in [0.15, 0.2) is 5.78 Å². The number of carbonyl (C=O) groups excluding carboxylic acids is 1. The van der Waals surface area contributed by atoms with Gasteiger partial charge in [0.25, 0.3) is 0 Å². The van der Waals surface area contributed by atoms with Crippen LogP contribution in [0.25, 0.3) is 16.5 Å². The van der Waals surface area contributed by atoms with E-state index in [9.17, 15) is 4.79 Å². The summed E-state index contributed by atoms with van der Waals surface area (Å²) in [6.07, 6.45) is 3.23. The van der Waals surface area contributed by atoms with Crippen molar-refractivity contribution in [2.24, 2.45) is 0 Å². The van der Waals surface area contributed by atoms with E-state index in [2.05, 4.69) is 84.0 Å². The van der Waals surface area contributed by atoms with Crippen molar-refractivity contribution in [2.75, 3.05) is 5.32 Å². The highest BCUT2D eigenvalue weighted by Gasteiger charge is 2.38. The van der Waals surface area contributed by atoms with Crippen LogP contribution < -0.4 is 5.32 Å². The number of hydrogen-bond donors (Lipinski definition) is 1. The van der Waals surface area contributed by atoms with E-state index in [0.717, 1.165) is 34.1 Å². The first kappa shape index (κ1) is 19.0. The molecule has 2 aliphatic rings.